The summed E-state index contributed by atoms with van der Waals surface area (Å²) in [6, 6.07) is 4.49. The van der Waals surface area contributed by atoms with E-state index in [2.05, 4.69) is 34.2 Å². The molecule has 1 saturated carbocycles. The van der Waals surface area contributed by atoms with Crippen molar-refractivity contribution >= 4 is 15.9 Å². The van der Waals surface area contributed by atoms with Gasteiger partial charge in [0.25, 0.3) is 0 Å². The molecule has 1 aliphatic rings. The number of halogens is 1. The fraction of sp³-hybridized carbons (Fsp3) is 0.600. The van der Waals surface area contributed by atoms with Gasteiger partial charge in [0.15, 0.2) is 11.5 Å². The molecule has 19 heavy (non-hydrogen) atoms. The summed E-state index contributed by atoms with van der Waals surface area (Å²) in [5.41, 5.74) is 1.27. The third kappa shape index (κ3) is 3.06. The lowest BCUT2D eigenvalue weighted by Gasteiger charge is -2.35. The Hall–Kier alpha value is -0.740. The second-order valence-corrected chi connectivity index (χ2v) is 5.81. The van der Waals surface area contributed by atoms with Crippen LogP contribution in [0, 0.1) is 5.92 Å². The van der Waals surface area contributed by atoms with E-state index in [0.717, 1.165) is 28.4 Å². The summed E-state index contributed by atoms with van der Waals surface area (Å²) >= 11 is 3.67. The lowest BCUT2D eigenvalue weighted by atomic mass is 9.77. The van der Waals surface area contributed by atoms with Gasteiger partial charge in [-0.1, -0.05) is 29.3 Å². The van der Waals surface area contributed by atoms with Gasteiger partial charge in [0.1, 0.15) is 0 Å². The standard InChI is InChI=1S/C15H22BrNO2/c1-4-17-15(10-6-5-7-10)11-8-13(18-2)14(19-3)9-12(11)16/h8-10,15,17H,4-7H2,1-3H3. The van der Waals surface area contributed by atoms with Crippen LogP contribution in [0.4, 0.5) is 0 Å². The Morgan fingerprint density at radius 3 is 2.37 bits per heavy atom. The zero-order valence-corrected chi connectivity index (χ0v) is 13.4. The maximum atomic E-state index is 5.42. The normalized spacial score (nSPS) is 16.8. The SMILES string of the molecule is CCNC(c1cc(OC)c(OC)cc1Br)C1CCC1. The third-order valence-corrected chi connectivity index (χ3v) is 4.57. The lowest BCUT2D eigenvalue weighted by Crippen LogP contribution is -2.32. The molecule has 0 amide bonds. The van der Waals surface area contributed by atoms with Crippen LogP contribution in [-0.4, -0.2) is 20.8 Å². The summed E-state index contributed by atoms with van der Waals surface area (Å²) in [7, 11) is 3.35. The first-order valence-corrected chi connectivity index (χ1v) is 7.65. The molecule has 0 radical (unpaired) electrons. The molecule has 0 saturated heterocycles. The van der Waals surface area contributed by atoms with Crippen LogP contribution in [0.5, 0.6) is 11.5 Å². The summed E-state index contributed by atoms with van der Waals surface area (Å²) in [4.78, 5) is 0. The molecular formula is C15H22BrNO2. The molecule has 3 nitrogen and oxygen atoms in total. The minimum atomic E-state index is 0.396. The van der Waals surface area contributed by atoms with Gasteiger partial charge in [-0.25, -0.2) is 0 Å². The Bertz CT molecular complexity index is 432. The maximum absolute atomic E-state index is 5.42. The molecule has 106 valence electrons. The fourth-order valence-electron chi connectivity index (χ4n) is 2.63. The molecular weight excluding hydrogens is 306 g/mol. The van der Waals surface area contributed by atoms with Crippen molar-refractivity contribution in [1.29, 1.82) is 0 Å². The van der Waals surface area contributed by atoms with E-state index in [-0.39, 0.29) is 0 Å². The van der Waals surface area contributed by atoms with Crippen LogP contribution in [0.15, 0.2) is 16.6 Å². The highest BCUT2D eigenvalue weighted by atomic mass is 79.9. The van der Waals surface area contributed by atoms with Gasteiger partial charge >= 0.3 is 0 Å². The molecule has 4 heteroatoms. The highest BCUT2D eigenvalue weighted by Crippen LogP contribution is 2.43. The first-order chi connectivity index (χ1) is 9.21. The van der Waals surface area contributed by atoms with Gasteiger partial charge in [-0.15, -0.1) is 0 Å². The molecule has 0 aromatic heterocycles. The third-order valence-electron chi connectivity index (χ3n) is 3.88. The van der Waals surface area contributed by atoms with Crippen molar-refractivity contribution in [2.24, 2.45) is 5.92 Å². The van der Waals surface area contributed by atoms with Crippen LogP contribution in [0.3, 0.4) is 0 Å². The Morgan fingerprint density at radius 2 is 1.89 bits per heavy atom. The van der Waals surface area contributed by atoms with Gasteiger partial charge in [-0.2, -0.15) is 0 Å². The summed E-state index contributed by atoms with van der Waals surface area (Å²) in [6.45, 7) is 3.13. The monoisotopic (exact) mass is 327 g/mol. The Labute approximate surface area is 123 Å². The number of hydrogen-bond donors (Lipinski definition) is 1. The van der Waals surface area contributed by atoms with E-state index in [1.54, 1.807) is 14.2 Å². The molecule has 1 aromatic carbocycles. The molecule has 2 rings (SSSR count). The lowest BCUT2D eigenvalue weighted by molar-refractivity contribution is 0.232. The number of rotatable bonds is 6. The minimum absolute atomic E-state index is 0.396. The van der Waals surface area contributed by atoms with Crippen LogP contribution < -0.4 is 14.8 Å². The molecule has 1 unspecified atom stereocenters. The molecule has 1 fully saturated rings. The highest BCUT2D eigenvalue weighted by molar-refractivity contribution is 9.10. The average molecular weight is 328 g/mol. The number of ether oxygens (including phenoxy) is 2. The van der Waals surface area contributed by atoms with E-state index in [1.807, 2.05) is 6.07 Å². The van der Waals surface area contributed by atoms with Crippen molar-refractivity contribution in [3.05, 3.63) is 22.2 Å². The first-order valence-electron chi connectivity index (χ1n) is 6.86. The van der Waals surface area contributed by atoms with E-state index in [9.17, 15) is 0 Å². The quantitative estimate of drug-likeness (QED) is 0.859. The van der Waals surface area contributed by atoms with Crippen molar-refractivity contribution in [1.82, 2.24) is 5.32 Å². The number of hydrogen-bond acceptors (Lipinski definition) is 3. The predicted molar refractivity (Wildman–Crippen MR) is 81.0 cm³/mol. The van der Waals surface area contributed by atoms with Crippen LogP contribution in [0.25, 0.3) is 0 Å². The molecule has 0 spiro atoms. The number of nitrogens with one attached hydrogen (secondary N) is 1. The fourth-order valence-corrected chi connectivity index (χ4v) is 3.20. The topological polar surface area (TPSA) is 30.5 Å². The Kier molecular flexibility index (Phi) is 5.11. The van der Waals surface area contributed by atoms with Gasteiger partial charge in [0, 0.05) is 10.5 Å². The van der Waals surface area contributed by atoms with Gasteiger partial charge in [-0.3, -0.25) is 0 Å². The molecule has 0 aliphatic heterocycles. The number of benzene rings is 1. The van der Waals surface area contributed by atoms with Crippen LogP contribution in [0.1, 0.15) is 37.8 Å². The van der Waals surface area contributed by atoms with Crippen LogP contribution >= 0.6 is 15.9 Å². The minimum Gasteiger partial charge on any atom is -0.493 e. The van der Waals surface area contributed by atoms with Crippen molar-refractivity contribution in [2.45, 2.75) is 32.2 Å². The smallest absolute Gasteiger partial charge is 0.161 e. The Balaban J connectivity index is 2.35. The highest BCUT2D eigenvalue weighted by Gasteiger charge is 2.29. The first kappa shape index (κ1) is 14.7. The summed E-state index contributed by atoms with van der Waals surface area (Å²) in [6.07, 6.45) is 3.95. The van der Waals surface area contributed by atoms with E-state index in [1.165, 1.54) is 24.8 Å². The molecule has 1 aliphatic carbocycles. The zero-order chi connectivity index (χ0) is 13.8. The maximum Gasteiger partial charge on any atom is 0.161 e. The van der Waals surface area contributed by atoms with Gasteiger partial charge in [0.2, 0.25) is 0 Å². The van der Waals surface area contributed by atoms with E-state index in [0.29, 0.717) is 6.04 Å². The summed E-state index contributed by atoms with van der Waals surface area (Å²) in [5.74, 6) is 2.29. The molecule has 1 N–H and O–H groups in total. The van der Waals surface area contributed by atoms with Gasteiger partial charge in [0.05, 0.1) is 14.2 Å². The largest absolute Gasteiger partial charge is 0.493 e. The van der Waals surface area contributed by atoms with Crippen LogP contribution in [-0.2, 0) is 0 Å². The number of methoxy groups -OCH3 is 2. The van der Waals surface area contributed by atoms with Gasteiger partial charge in [-0.05, 0) is 43.0 Å². The van der Waals surface area contributed by atoms with E-state index < -0.39 is 0 Å². The van der Waals surface area contributed by atoms with E-state index in [4.69, 9.17) is 9.47 Å². The molecule has 0 bridgehead atoms. The second-order valence-electron chi connectivity index (χ2n) is 4.96. The predicted octanol–water partition coefficient (Wildman–Crippen LogP) is 3.92. The van der Waals surface area contributed by atoms with Crippen molar-refractivity contribution in [3.8, 4) is 11.5 Å². The van der Waals surface area contributed by atoms with Crippen molar-refractivity contribution in [2.75, 3.05) is 20.8 Å². The van der Waals surface area contributed by atoms with Crippen molar-refractivity contribution in [3.63, 3.8) is 0 Å². The molecule has 1 atom stereocenters. The summed E-state index contributed by atoms with van der Waals surface area (Å²) in [5, 5.41) is 3.60. The average Bonchev–Trinajstić information content (AvgIpc) is 2.36. The van der Waals surface area contributed by atoms with E-state index >= 15 is 0 Å². The Morgan fingerprint density at radius 1 is 1.26 bits per heavy atom. The summed E-state index contributed by atoms with van der Waals surface area (Å²) < 4.78 is 11.8. The zero-order valence-electron chi connectivity index (χ0n) is 11.8. The second kappa shape index (κ2) is 6.62. The van der Waals surface area contributed by atoms with Crippen LogP contribution in [0.2, 0.25) is 0 Å². The molecule has 1 aromatic rings. The van der Waals surface area contributed by atoms with Crippen molar-refractivity contribution < 1.29 is 9.47 Å². The molecule has 0 heterocycles. The van der Waals surface area contributed by atoms with Gasteiger partial charge < -0.3 is 14.8 Å².